The van der Waals surface area contributed by atoms with E-state index in [0.717, 1.165) is 25.4 Å². The molecule has 3 heteroatoms. The summed E-state index contributed by atoms with van der Waals surface area (Å²) in [6.45, 7) is 11.3. The molecule has 0 fully saturated rings. The number of rotatable bonds is 7. The first kappa shape index (κ1) is 13.7. The summed E-state index contributed by atoms with van der Waals surface area (Å²) in [7, 11) is 0. The molecular formula is C13H24N2S. The molecule has 0 aromatic carbocycles. The summed E-state index contributed by atoms with van der Waals surface area (Å²) in [5, 5.41) is 5.73. The van der Waals surface area contributed by atoms with Gasteiger partial charge in [0.25, 0.3) is 0 Å². The van der Waals surface area contributed by atoms with Gasteiger partial charge in [0.05, 0.1) is 11.2 Å². The van der Waals surface area contributed by atoms with E-state index >= 15 is 0 Å². The second kappa shape index (κ2) is 6.36. The summed E-state index contributed by atoms with van der Waals surface area (Å²) in [5.41, 5.74) is 3.50. The second-order valence-corrected chi connectivity index (χ2v) is 6.06. The molecule has 0 amide bonds. The summed E-state index contributed by atoms with van der Waals surface area (Å²) in [5.74, 6) is 0.723. The molecule has 1 rings (SSSR count). The third kappa shape index (κ3) is 4.62. The summed E-state index contributed by atoms with van der Waals surface area (Å²) in [6.07, 6.45) is 2.27. The first-order chi connectivity index (χ1) is 7.56. The zero-order chi connectivity index (χ0) is 12.0. The zero-order valence-corrected chi connectivity index (χ0v) is 11.7. The molecule has 0 aliphatic carbocycles. The Morgan fingerprint density at radius 1 is 1.50 bits per heavy atom. The molecule has 0 aliphatic rings. The molecule has 0 aliphatic heterocycles. The quantitative estimate of drug-likeness (QED) is 0.790. The lowest BCUT2D eigenvalue weighted by atomic mass is 9.83. The van der Waals surface area contributed by atoms with E-state index in [4.69, 9.17) is 0 Å². The van der Waals surface area contributed by atoms with Crippen LogP contribution in [0.2, 0.25) is 0 Å². The van der Waals surface area contributed by atoms with Crippen LogP contribution in [-0.2, 0) is 6.42 Å². The molecule has 0 saturated heterocycles. The molecule has 1 unspecified atom stereocenters. The van der Waals surface area contributed by atoms with Gasteiger partial charge in [0.1, 0.15) is 0 Å². The Labute approximate surface area is 103 Å². The second-order valence-electron chi connectivity index (χ2n) is 5.35. The van der Waals surface area contributed by atoms with Crippen LogP contribution in [0, 0.1) is 11.3 Å². The molecule has 1 aromatic rings. The van der Waals surface area contributed by atoms with E-state index in [0.29, 0.717) is 5.41 Å². The van der Waals surface area contributed by atoms with Crippen molar-refractivity contribution in [3.8, 4) is 0 Å². The highest BCUT2D eigenvalue weighted by molar-refractivity contribution is 7.07. The fraction of sp³-hybridized carbons (Fsp3) is 0.769. The SMILES string of the molecule is CCC(C)(CNCC(C)C)Cc1cscn1. The van der Waals surface area contributed by atoms with Gasteiger partial charge in [-0.3, -0.25) is 0 Å². The average Bonchev–Trinajstić information content (AvgIpc) is 2.69. The maximum atomic E-state index is 4.38. The van der Waals surface area contributed by atoms with E-state index in [9.17, 15) is 0 Å². The summed E-state index contributed by atoms with van der Waals surface area (Å²) in [4.78, 5) is 4.38. The van der Waals surface area contributed by atoms with Crippen molar-refractivity contribution in [1.29, 1.82) is 0 Å². The minimum absolute atomic E-state index is 0.336. The number of thiazole rings is 1. The van der Waals surface area contributed by atoms with Crippen LogP contribution in [-0.4, -0.2) is 18.1 Å². The molecular weight excluding hydrogens is 216 g/mol. The average molecular weight is 240 g/mol. The molecule has 0 spiro atoms. The monoisotopic (exact) mass is 240 g/mol. The zero-order valence-electron chi connectivity index (χ0n) is 10.9. The Hall–Kier alpha value is -0.410. The van der Waals surface area contributed by atoms with Crippen molar-refractivity contribution in [2.24, 2.45) is 11.3 Å². The Balaban J connectivity index is 2.43. The van der Waals surface area contributed by atoms with Crippen molar-refractivity contribution >= 4 is 11.3 Å². The summed E-state index contributed by atoms with van der Waals surface area (Å²) < 4.78 is 0. The Bertz CT molecular complexity index is 282. The van der Waals surface area contributed by atoms with E-state index in [-0.39, 0.29) is 0 Å². The van der Waals surface area contributed by atoms with Gasteiger partial charge in [-0.25, -0.2) is 4.98 Å². The molecule has 1 aromatic heterocycles. The number of nitrogens with zero attached hydrogens (tertiary/aromatic N) is 1. The van der Waals surface area contributed by atoms with Gasteiger partial charge in [-0.05, 0) is 30.7 Å². The van der Waals surface area contributed by atoms with Gasteiger partial charge in [0.2, 0.25) is 0 Å². The summed E-state index contributed by atoms with van der Waals surface area (Å²) >= 11 is 1.69. The lowest BCUT2D eigenvalue weighted by Gasteiger charge is -2.28. The van der Waals surface area contributed by atoms with Crippen molar-refractivity contribution in [2.75, 3.05) is 13.1 Å². The van der Waals surface area contributed by atoms with Crippen LogP contribution in [0.5, 0.6) is 0 Å². The number of hydrogen-bond acceptors (Lipinski definition) is 3. The van der Waals surface area contributed by atoms with Crippen LogP contribution < -0.4 is 5.32 Å². The van der Waals surface area contributed by atoms with E-state index in [1.165, 1.54) is 12.1 Å². The van der Waals surface area contributed by atoms with Crippen molar-refractivity contribution in [2.45, 2.75) is 40.5 Å². The van der Waals surface area contributed by atoms with Crippen LogP contribution in [0.1, 0.15) is 39.8 Å². The van der Waals surface area contributed by atoms with Gasteiger partial charge in [-0.1, -0.05) is 27.7 Å². The van der Waals surface area contributed by atoms with Crippen molar-refractivity contribution in [1.82, 2.24) is 10.3 Å². The maximum absolute atomic E-state index is 4.38. The van der Waals surface area contributed by atoms with E-state index in [2.05, 4.69) is 43.4 Å². The van der Waals surface area contributed by atoms with Crippen molar-refractivity contribution < 1.29 is 0 Å². The van der Waals surface area contributed by atoms with Gasteiger partial charge in [-0.2, -0.15) is 0 Å². The Morgan fingerprint density at radius 3 is 2.75 bits per heavy atom. The largest absolute Gasteiger partial charge is 0.316 e. The highest BCUT2D eigenvalue weighted by Crippen LogP contribution is 2.25. The first-order valence-electron chi connectivity index (χ1n) is 6.13. The van der Waals surface area contributed by atoms with Gasteiger partial charge in [0, 0.05) is 11.9 Å². The molecule has 2 nitrogen and oxygen atoms in total. The first-order valence-corrected chi connectivity index (χ1v) is 7.08. The predicted octanol–water partition coefficient (Wildman–Crippen LogP) is 3.35. The Morgan fingerprint density at radius 2 is 2.25 bits per heavy atom. The topological polar surface area (TPSA) is 24.9 Å². The molecule has 1 atom stereocenters. The normalized spacial score (nSPS) is 15.3. The number of aromatic nitrogens is 1. The van der Waals surface area contributed by atoms with Crippen LogP contribution in [0.15, 0.2) is 10.9 Å². The van der Waals surface area contributed by atoms with Crippen LogP contribution >= 0.6 is 11.3 Å². The maximum Gasteiger partial charge on any atom is 0.0794 e. The lowest BCUT2D eigenvalue weighted by molar-refractivity contribution is 0.283. The molecule has 1 N–H and O–H groups in total. The van der Waals surface area contributed by atoms with E-state index in [1.54, 1.807) is 11.3 Å². The van der Waals surface area contributed by atoms with Crippen LogP contribution in [0.3, 0.4) is 0 Å². The highest BCUT2D eigenvalue weighted by atomic mass is 32.1. The van der Waals surface area contributed by atoms with Gasteiger partial charge >= 0.3 is 0 Å². The Kier molecular flexibility index (Phi) is 5.42. The lowest BCUT2D eigenvalue weighted by Crippen LogP contribution is -2.35. The minimum Gasteiger partial charge on any atom is -0.316 e. The van der Waals surface area contributed by atoms with Crippen LogP contribution in [0.25, 0.3) is 0 Å². The fourth-order valence-electron chi connectivity index (χ4n) is 1.74. The standard InChI is InChI=1S/C13H24N2S/c1-5-13(4,9-14-7-11(2)3)6-12-8-16-10-15-12/h8,10-11,14H,5-7,9H2,1-4H3. The molecule has 0 radical (unpaired) electrons. The molecule has 0 bridgehead atoms. The number of nitrogens with one attached hydrogen (secondary N) is 1. The smallest absolute Gasteiger partial charge is 0.0794 e. The third-order valence-electron chi connectivity index (χ3n) is 3.05. The van der Waals surface area contributed by atoms with E-state index in [1.807, 2.05) is 5.51 Å². The fourth-order valence-corrected chi connectivity index (χ4v) is 2.30. The van der Waals surface area contributed by atoms with Gasteiger partial charge < -0.3 is 5.32 Å². The molecule has 16 heavy (non-hydrogen) atoms. The molecule has 92 valence electrons. The summed E-state index contributed by atoms with van der Waals surface area (Å²) in [6, 6.07) is 0. The molecule has 1 heterocycles. The predicted molar refractivity (Wildman–Crippen MR) is 71.9 cm³/mol. The van der Waals surface area contributed by atoms with Gasteiger partial charge in [-0.15, -0.1) is 11.3 Å². The minimum atomic E-state index is 0.336. The van der Waals surface area contributed by atoms with Gasteiger partial charge in [0.15, 0.2) is 0 Å². The van der Waals surface area contributed by atoms with E-state index < -0.39 is 0 Å². The van der Waals surface area contributed by atoms with Crippen molar-refractivity contribution in [3.63, 3.8) is 0 Å². The molecule has 0 saturated carbocycles. The third-order valence-corrected chi connectivity index (χ3v) is 3.68. The number of hydrogen-bond donors (Lipinski definition) is 1. The highest BCUT2D eigenvalue weighted by Gasteiger charge is 2.23. The van der Waals surface area contributed by atoms with Crippen molar-refractivity contribution in [3.05, 3.63) is 16.6 Å². The van der Waals surface area contributed by atoms with Crippen LogP contribution in [0.4, 0.5) is 0 Å².